The van der Waals surface area contributed by atoms with Crippen molar-refractivity contribution in [2.24, 2.45) is 0 Å². The number of hydrogen-bond donors (Lipinski definition) is 0. The van der Waals surface area contributed by atoms with Crippen molar-refractivity contribution >= 4 is 34.2 Å². The third-order valence-corrected chi connectivity index (χ3v) is 6.76. The van der Waals surface area contributed by atoms with Gasteiger partial charge in [0.05, 0.1) is 0 Å². The van der Waals surface area contributed by atoms with Crippen molar-refractivity contribution in [1.82, 2.24) is 0 Å². The highest BCUT2D eigenvalue weighted by Crippen LogP contribution is 2.54. The molecule has 3 aromatic carbocycles. The quantitative estimate of drug-likeness (QED) is 0.436. The Morgan fingerprint density at radius 2 is 1.14 bits per heavy atom. The van der Waals surface area contributed by atoms with Gasteiger partial charge in [-0.2, -0.15) is 0 Å². The van der Waals surface area contributed by atoms with E-state index in [1.54, 1.807) is 0 Å². The Morgan fingerprint density at radius 1 is 0.636 bits per heavy atom. The lowest BCUT2D eigenvalue weighted by atomic mass is 10.2. The monoisotopic (exact) mass is 303 g/mol. The van der Waals surface area contributed by atoms with E-state index in [1.807, 2.05) is 0 Å². The molecule has 0 radical (unpaired) electrons. The molecule has 4 rings (SSSR count). The van der Waals surface area contributed by atoms with Gasteiger partial charge in [0.2, 0.25) is 0 Å². The second kappa shape index (κ2) is 5.19. The van der Waals surface area contributed by atoms with Crippen LogP contribution in [0.25, 0.3) is 26.3 Å². The highest BCUT2D eigenvalue weighted by molar-refractivity contribution is 7.67. The minimum absolute atomic E-state index is 0.422. The zero-order valence-electron chi connectivity index (χ0n) is 12.8. The summed E-state index contributed by atoms with van der Waals surface area (Å²) >= 11 is 0. The van der Waals surface area contributed by atoms with E-state index in [2.05, 4.69) is 91.8 Å². The van der Waals surface area contributed by atoms with Crippen LogP contribution in [-0.4, -0.2) is 14.1 Å². The Hall–Kier alpha value is -2.24. The van der Waals surface area contributed by atoms with Gasteiger partial charge in [0.25, 0.3) is 0 Å². The number of fused-ring (bicyclic) bond motifs is 3. The maximum absolute atomic E-state index is 2.29. The minimum atomic E-state index is -0.422. The fraction of sp³-hybridized carbons (Fsp3) is 0.100. The lowest BCUT2D eigenvalue weighted by Gasteiger charge is -2.13. The standard InChI is InChI=1S/C20H18NP/c1-21(2)15-11-13-16(14-12-15)22-19-9-5-3-7-17(19)18-8-4-6-10-20(18)22/h3-14H,1-2H3. The van der Waals surface area contributed by atoms with Crippen LogP contribution < -0.4 is 4.90 Å². The molecule has 1 heterocycles. The molecule has 0 aliphatic rings. The van der Waals surface area contributed by atoms with E-state index >= 15 is 0 Å². The minimum Gasteiger partial charge on any atom is -0.378 e. The van der Waals surface area contributed by atoms with E-state index in [-0.39, 0.29) is 0 Å². The first kappa shape index (κ1) is 13.4. The van der Waals surface area contributed by atoms with Crippen molar-refractivity contribution in [1.29, 1.82) is 0 Å². The Kier molecular flexibility index (Phi) is 3.17. The normalized spacial score (nSPS) is 11.2. The second-order valence-corrected chi connectivity index (χ2v) is 7.93. The van der Waals surface area contributed by atoms with E-state index in [9.17, 15) is 0 Å². The van der Waals surface area contributed by atoms with Crippen molar-refractivity contribution in [2.45, 2.75) is 0 Å². The molecule has 2 heteroatoms. The lowest BCUT2D eigenvalue weighted by molar-refractivity contribution is 1.13. The molecule has 4 aromatic rings. The van der Waals surface area contributed by atoms with Crippen LogP contribution in [0, 0.1) is 0 Å². The zero-order chi connectivity index (χ0) is 15.1. The molecule has 0 aliphatic carbocycles. The highest BCUT2D eigenvalue weighted by atomic mass is 31.1. The Bertz CT molecular complexity index is 895. The van der Waals surface area contributed by atoms with Gasteiger partial charge in [-0.05, 0) is 40.3 Å². The third kappa shape index (κ3) is 2.01. The molecule has 0 bridgehead atoms. The summed E-state index contributed by atoms with van der Waals surface area (Å²) in [6.07, 6.45) is 0. The predicted molar refractivity (Wildman–Crippen MR) is 99.8 cm³/mol. The van der Waals surface area contributed by atoms with Crippen LogP contribution >= 0.6 is 7.53 Å². The molecule has 0 aliphatic heterocycles. The van der Waals surface area contributed by atoms with Gasteiger partial charge in [0.15, 0.2) is 0 Å². The van der Waals surface area contributed by atoms with Gasteiger partial charge in [-0.3, -0.25) is 0 Å². The largest absolute Gasteiger partial charge is 0.378 e. The summed E-state index contributed by atoms with van der Waals surface area (Å²) in [6, 6.07) is 26.7. The van der Waals surface area contributed by atoms with Gasteiger partial charge < -0.3 is 4.90 Å². The van der Waals surface area contributed by atoms with Crippen LogP contribution in [0.5, 0.6) is 0 Å². The second-order valence-electron chi connectivity index (χ2n) is 5.78. The summed E-state index contributed by atoms with van der Waals surface area (Å²) in [7, 11) is 3.75. The first-order valence-corrected chi connectivity index (χ1v) is 8.86. The first-order valence-electron chi connectivity index (χ1n) is 7.51. The van der Waals surface area contributed by atoms with Crippen LogP contribution in [0.4, 0.5) is 5.69 Å². The average molecular weight is 303 g/mol. The number of anilines is 1. The molecule has 0 saturated heterocycles. The highest BCUT2D eigenvalue weighted by Gasteiger charge is 2.12. The van der Waals surface area contributed by atoms with Gasteiger partial charge in [-0.1, -0.05) is 56.1 Å². The molecule has 1 nitrogen and oxygen atoms in total. The predicted octanol–water partition coefficient (Wildman–Crippen LogP) is 6.03. The molecular formula is C20H18NP. The van der Waals surface area contributed by atoms with Crippen molar-refractivity contribution in [3.8, 4) is 5.30 Å². The van der Waals surface area contributed by atoms with E-state index in [4.69, 9.17) is 0 Å². The number of hydrogen-bond acceptors (Lipinski definition) is 1. The summed E-state index contributed by atoms with van der Waals surface area (Å²) < 4.78 is 0. The average Bonchev–Trinajstić information content (AvgIpc) is 2.89. The molecule has 0 unspecified atom stereocenters. The lowest BCUT2D eigenvalue weighted by Crippen LogP contribution is -2.07. The zero-order valence-corrected chi connectivity index (χ0v) is 13.7. The number of benzene rings is 3. The molecule has 0 amide bonds. The summed E-state index contributed by atoms with van der Waals surface area (Å²) in [5.41, 5.74) is 1.25. The van der Waals surface area contributed by atoms with E-state index < -0.39 is 7.53 Å². The molecule has 108 valence electrons. The van der Waals surface area contributed by atoms with Crippen LogP contribution in [0.15, 0.2) is 72.8 Å². The summed E-state index contributed by atoms with van der Waals surface area (Å²) in [4.78, 5) is 2.15. The fourth-order valence-electron chi connectivity index (χ4n) is 3.10. The van der Waals surface area contributed by atoms with E-state index in [0.29, 0.717) is 0 Å². The molecule has 1 aromatic heterocycles. The van der Waals surface area contributed by atoms with Gasteiger partial charge in [-0.25, -0.2) is 0 Å². The number of rotatable bonds is 2. The summed E-state index contributed by atoms with van der Waals surface area (Å²) in [5, 5.41) is 7.20. The van der Waals surface area contributed by atoms with Crippen molar-refractivity contribution in [3.63, 3.8) is 0 Å². The SMILES string of the molecule is CN(C)c1ccc(-p2c3ccccc3c3ccccc32)cc1. The van der Waals surface area contributed by atoms with E-state index in [1.165, 1.54) is 32.0 Å². The Labute approximate surface area is 131 Å². The fourth-order valence-corrected chi connectivity index (χ4v) is 5.71. The maximum Gasteiger partial charge on any atom is 0.0361 e. The molecule has 0 N–H and O–H groups in total. The van der Waals surface area contributed by atoms with E-state index in [0.717, 1.165) is 0 Å². The van der Waals surface area contributed by atoms with Crippen LogP contribution in [-0.2, 0) is 0 Å². The smallest absolute Gasteiger partial charge is 0.0361 e. The van der Waals surface area contributed by atoms with Crippen molar-refractivity contribution in [2.75, 3.05) is 19.0 Å². The van der Waals surface area contributed by atoms with Gasteiger partial charge in [-0.15, -0.1) is 0 Å². The number of nitrogens with zero attached hydrogens (tertiary/aromatic N) is 1. The summed E-state index contributed by atoms with van der Waals surface area (Å²) in [5.74, 6) is 0. The molecule has 0 saturated carbocycles. The van der Waals surface area contributed by atoms with Gasteiger partial charge in [0, 0.05) is 30.0 Å². The van der Waals surface area contributed by atoms with Gasteiger partial charge >= 0.3 is 0 Å². The molecule has 0 atom stereocenters. The third-order valence-electron chi connectivity index (χ3n) is 4.20. The van der Waals surface area contributed by atoms with Crippen LogP contribution in [0.3, 0.4) is 0 Å². The topological polar surface area (TPSA) is 3.24 Å². The van der Waals surface area contributed by atoms with Crippen molar-refractivity contribution < 1.29 is 0 Å². The van der Waals surface area contributed by atoms with Gasteiger partial charge in [0.1, 0.15) is 0 Å². The van der Waals surface area contributed by atoms with Crippen LogP contribution in [0.2, 0.25) is 0 Å². The first-order chi connectivity index (χ1) is 10.8. The Morgan fingerprint density at radius 3 is 1.64 bits per heavy atom. The van der Waals surface area contributed by atoms with Crippen LogP contribution in [0.1, 0.15) is 0 Å². The molecule has 0 fully saturated rings. The van der Waals surface area contributed by atoms with Crippen molar-refractivity contribution in [3.05, 3.63) is 72.8 Å². The molecule has 0 spiro atoms. The summed E-state index contributed by atoms with van der Waals surface area (Å²) in [6.45, 7) is 0. The molecule has 22 heavy (non-hydrogen) atoms. The molecular weight excluding hydrogens is 285 g/mol. The Balaban J connectivity index is 2.04. The maximum atomic E-state index is 2.29.